The predicted molar refractivity (Wildman–Crippen MR) is 100 cm³/mol. The normalized spacial score (nSPS) is 10.8. The van der Waals surface area contributed by atoms with E-state index in [2.05, 4.69) is 10.5 Å². The fourth-order valence-corrected chi connectivity index (χ4v) is 2.71. The minimum absolute atomic E-state index is 0.0528. The summed E-state index contributed by atoms with van der Waals surface area (Å²) in [6.07, 6.45) is 3.18. The van der Waals surface area contributed by atoms with Gasteiger partial charge in [-0.1, -0.05) is 30.3 Å². The molecule has 0 aliphatic rings. The standard InChI is InChI=1S/C19H15N5O3/c20-10-9-19(25)22-21-11-15-13-23(18-4-2-1-3-17(15)18)12-14-5-7-16(8-6-14)24(26)27/h1-8,11,13H,9,12H2,(H,22,25). The molecule has 8 heteroatoms. The second-order valence-corrected chi connectivity index (χ2v) is 5.78. The lowest BCUT2D eigenvalue weighted by Gasteiger charge is -2.05. The molecule has 27 heavy (non-hydrogen) atoms. The van der Waals surface area contributed by atoms with Crippen molar-refractivity contribution in [3.63, 3.8) is 0 Å². The van der Waals surface area contributed by atoms with Crippen molar-refractivity contribution in [2.45, 2.75) is 13.0 Å². The Morgan fingerprint density at radius 1 is 1.26 bits per heavy atom. The van der Waals surface area contributed by atoms with E-state index in [1.165, 1.54) is 18.3 Å². The molecule has 8 nitrogen and oxygen atoms in total. The summed E-state index contributed by atoms with van der Waals surface area (Å²) in [4.78, 5) is 21.7. The smallest absolute Gasteiger partial charge is 0.269 e. The second-order valence-electron chi connectivity index (χ2n) is 5.78. The molecule has 2 aromatic carbocycles. The van der Waals surface area contributed by atoms with Crippen LogP contribution in [0.25, 0.3) is 10.9 Å². The largest absolute Gasteiger partial charge is 0.342 e. The van der Waals surface area contributed by atoms with Crippen molar-refractivity contribution in [3.8, 4) is 6.07 Å². The fourth-order valence-electron chi connectivity index (χ4n) is 2.71. The van der Waals surface area contributed by atoms with Gasteiger partial charge in [-0.05, 0) is 11.6 Å². The first-order chi connectivity index (χ1) is 13.1. The van der Waals surface area contributed by atoms with Crippen LogP contribution >= 0.6 is 0 Å². The van der Waals surface area contributed by atoms with Gasteiger partial charge in [-0.15, -0.1) is 0 Å². The molecular formula is C19H15N5O3. The van der Waals surface area contributed by atoms with E-state index >= 15 is 0 Å². The molecule has 0 radical (unpaired) electrons. The molecule has 1 N–H and O–H groups in total. The first-order valence-corrected chi connectivity index (χ1v) is 8.08. The van der Waals surface area contributed by atoms with Crippen molar-refractivity contribution in [1.29, 1.82) is 5.26 Å². The van der Waals surface area contributed by atoms with Crippen LogP contribution in [-0.2, 0) is 11.3 Å². The van der Waals surface area contributed by atoms with Gasteiger partial charge in [0.25, 0.3) is 11.6 Å². The number of nitro groups is 1. The SMILES string of the molecule is N#CCC(=O)NN=Cc1cn(Cc2ccc([N+](=O)[O-])cc2)c2ccccc12. The number of para-hydroxylation sites is 1. The number of nitrogens with zero attached hydrogens (tertiary/aromatic N) is 4. The first-order valence-electron chi connectivity index (χ1n) is 8.08. The number of rotatable bonds is 6. The average Bonchev–Trinajstić information content (AvgIpc) is 3.00. The highest BCUT2D eigenvalue weighted by atomic mass is 16.6. The number of nitro benzene ring substituents is 1. The summed E-state index contributed by atoms with van der Waals surface area (Å²) in [5.74, 6) is -0.469. The van der Waals surface area contributed by atoms with Crippen LogP contribution in [0.2, 0.25) is 0 Å². The molecule has 0 saturated heterocycles. The molecule has 0 spiro atoms. The Morgan fingerprint density at radius 3 is 2.70 bits per heavy atom. The van der Waals surface area contributed by atoms with Crippen LogP contribution in [0.3, 0.4) is 0 Å². The van der Waals surface area contributed by atoms with Crippen LogP contribution < -0.4 is 5.43 Å². The van der Waals surface area contributed by atoms with Crippen LogP contribution in [0.1, 0.15) is 17.5 Å². The number of hydrogen-bond donors (Lipinski definition) is 1. The number of benzene rings is 2. The Morgan fingerprint density at radius 2 is 2.00 bits per heavy atom. The molecule has 0 saturated carbocycles. The molecule has 3 aromatic rings. The van der Waals surface area contributed by atoms with Gasteiger partial charge in [0.2, 0.25) is 0 Å². The predicted octanol–water partition coefficient (Wildman–Crippen LogP) is 2.96. The van der Waals surface area contributed by atoms with Crippen molar-refractivity contribution < 1.29 is 9.72 Å². The van der Waals surface area contributed by atoms with Crippen LogP contribution in [0.15, 0.2) is 59.8 Å². The maximum atomic E-state index is 11.3. The molecule has 0 aliphatic heterocycles. The minimum Gasteiger partial charge on any atom is -0.342 e. The zero-order valence-electron chi connectivity index (χ0n) is 14.2. The van der Waals surface area contributed by atoms with Crippen molar-refractivity contribution in [2.75, 3.05) is 0 Å². The highest BCUT2D eigenvalue weighted by Crippen LogP contribution is 2.22. The Bertz CT molecular complexity index is 1060. The quantitative estimate of drug-likeness (QED) is 0.413. The maximum absolute atomic E-state index is 11.3. The Kier molecular flexibility index (Phi) is 5.23. The fraction of sp³-hybridized carbons (Fsp3) is 0.105. The second kappa shape index (κ2) is 7.93. The topological polar surface area (TPSA) is 113 Å². The summed E-state index contributed by atoms with van der Waals surface area (Å²) in [5.41, 5.74) is 5.07. The summed E-state index contributed by atoms with van der Waals surface area (Å²) >= 11 is 0. The average molecular weight is 361 g/mol. The highest BCUT2D eigenvalue weighted by molar-refractivity contribution is 5.99. The van der Waals surface area contributed by atoms with Crippen molar-refractivity contribution in [2.24, 2.45) is 5.10 Å². The number of carbonyl (C=O) groups is 1. The molecule has 0 aliphatic carbocycles. The molecule has 0 atom stereocenters. The third-order valence-electron chi connectivity index (χ3n) is 3.95. The lowest BCUT2D eigenvalue weighted by Crippen LogP contribution is -2.16. The van der Waals surface area contributed by atoms with Crippen molar-refractivity contribution >= 4 is 28.7 Å². The molecule has 0 unspecified atom stereocenters. The molecule has 0 fully saturated rings. The van der Waals surface area contributed by atoms with Gasteiger partial charge in [0.1, 0.15) is 6.42 Å². The third-order valence-corrected chi connectivity index (χ3v) is 3.95. The Balaban J connectivity index is 1.86. The summed E-state index contributed by atoms with van der Waals surface area (Å²) < 4.78 is 2.01. The molecule has 0 bridgehead atoms. The van der Waals surface area contributed by atoms with E-state index in [-0.39, 0.29) is 12.1 Å². The van der Waals surface area contributed by atoms with Crippen LogP contribution in [0, 0.1) is 21.4 Å². The van der Waals surface area contributed by atoms with E-state index in [9.17, 15) is 14.9 Å². The van der Waals surface area contributed by atoms with Crippen LogP contribution in [-0.4, -0.2) is 21.6 Å². The number of carbonyl (C=O) groups excluding carboxylic acids is 1. The van der Waals surface area contributed by atoms with Crippen LogP contribution in [0.5, 0.6) is 0 Å². The van der Waals surface area contributed by atoms with Gasteiger partial charge in [0.05, 0.1) is 17.2 Å². The summed E-state index contributed by atoms with van der Waals surface area (Å²) in [7, 11) is 0. The van der Waals surface area contributed by atoms with Gasteiger partial charge in [-0.25, -0.2) is 5.43 Å². The van der Waals surface area contributed by atoms with Crippen molar-refractivity contribution in [3.05, 3.63) is 76.0 Å². The number of hydrogen-bond acceptors (Lipinski definition) is 5. The summed E-state index contributed by atoms with van der Waals surface area (Å²) in [5, 5.41) is 24.1. The molecular weight excluding hydrogens is 346 g/mol. The first kappa shape index (κ1) is 17.8. The zero-order chi connectivity index (χ0) is 19.2. The number of hydrazone groups is 1. The number of amides is 1. The van der Waals surface area contributed by atoms with E-state index in [0.29, 0.717) is 6.54 Å². The van der Waals surface area contributed by atoms with E-state index in [0.717, 1.165) is 22.0 Å². The number of non-ortho nitro benzene ring substituents is 1. The monoisotopic (exact) mass is 361 g/mol. The highest BCUT2D eigenvalue weighted by Gasteiger charge is 2.09. The van der Waals surface area contributed by atoms with E-state index in [1.54, 1.807) is 18.2 Å². The summed E-state index contributed by atoms with van der Waals surface area (Å²) in [6, 6.07) is 15.9. The van der Waals surface area contributed by atoms with E-state index in [4.69, 9.17) is 5.26 Å². The van der Waals surface area contributed by atoms with Gasteiger partial charge in [-0.2, -0.15) is 10.4 Å². The molecule has 3 rings (SSSR count). The van der Waals surface area contributed by atoms with E-state index < -0.39 is 10.8 Å². The number of fused-ring (bicyclic) bond motifs is 1. The van der Waals surface area contributed by atoms with Gasteiger partial charge >= 0.3 is 0 Å². The maximum Gasteiger partial charge on any atom is 0.269 e. The third kappa shape index (κ3) is 4.16. The van der Waals surface area contributed by atoms with Crippen molar-refractivity contribution in [1.82, 2.24) is 9.99 Å². The number of nitrogens with one attached hydrogen (secondary N) is 1. The van der Waals surface area contributed by atoms with E-state index in [1.807, 2.05) is 35.0 Å². The van der Waals surface area contributed by atoms with Crippen LogP contribution in [0.4, 0.5) is 5.69 Å². The molecule has 1 amide bonds. The van der Waals surface area contributed by atoms with Gasteiger partial charge in [-0.3, -0.25) is 14.9 Å². The minimum atomic E-state index is -0.469. The lowest BCUT2D eigenvalue weighted by molar-refractivity contribution is -0.384. The Hall–Kier alpha value is -3.99. The zero-order valence-corrected chi connectivity index (χ0v) is 14.2. The molecule has 1 aromatic heterocycles. The number of aromatic nitrogens is 1. The van der Waals surface area contributed by atoms with Gasteiger partial charge in [0.15, 0.2) is 0 Å². The summed E-state index contributed by atoms with van der Waals surface area (Å²) in [6.45, 7) is 0.535. The molecule has 134 valence electrons. The Labute approximate surface area is 154 Å². The lowest BCUT2D eigenvalue weighted by atomic mass is 10.2. The molecule has 1 heterocycles. The van der Waals surface area contributed by atoms with Gasteiger partial charge in [0, 0.05) is 41.3 Å². The van der Waals surface area contributed by atoms with Gasteiger partial charge < -0.3 is 4.57 Å². The number of nitriles is 1.